The molecular weight excluding hydrogens is 360 g/mol. The molecule has 28 heavy (non-hydrogen) atoms. The highest BCUT2D eigenvalue weighted by Gasteiger charge is 2.35. The second kappa shape index (κ2) is 8.94. The van der Waals surface area contributed by atoms with Crippen molar-refractivity contribution in [2.24, 2.45) is 11.8 Å². The first-order valence-electron chi connectivity index (χ1n) is 10.1. The number of carbonyl (C=O) groups is 2. The number of rotatable bonds is 6. The first kappa shape index (κ1) is 20.6. The maximum atomic E-state index is 12.5. The Labute approximate surface area is 166 Å². The molecule has 2 fully saturated rings. The lowest BCUT2D eigenvalue weighted by Crippen LogP contribution is -2.58. The number of amides is 2. The van der Waals surface area contributed by atoms with Gasteiger partial charge in [0.05, 0.1) is 7.11 Å². The van der Waals surface area contributed by atoms with E-state index in [2.05, 4.69) is 21.8 Å². The molecule has 2 saturated heterocycles. The molecule has 0 radical (unpaired) electrons. The summed E-state index contributed by atoms with van der Waals surface area (Å²) in [6, 6.07) is -0.820. The Morgan fingerprint density at radius 3 is 2.61 bits per heavy atom. The molecule has 2 aliphatic heterocycles. The molecule has 3 heterocycles. The van der Waals surface area contributed by atoms with E-state index >= 15 is 0 Å². The third-order valence-corrected chi connectivity index (χ3v) is 5.76. The molecule has 156 valence electrons. The monoisotopic (exact) mass is 392 g/mol. The van der Waals surface area contributed by atoms with Crippen LogP contribution in [0.15, 0.2) is 6.20 Å². The van der Waals surface area contributed by atoms with E-state index in [1.54, 1.807) is 4.90 Å². The van der Waals surface area contributed by atoms with Crippen LogP contribution in [0.25, 0.3) is 0 Å². The third-order valence-electron chi connectivity index (χ3n) is 5.76. The standard InChI is InChI=1S/C20H32N4O4/c1-13(2)17(19(25)27-4)22-20(26)23-10-15(11-23)12-24-14(3)9-21-18(24)16-5-7-28-8-6-16/h9,13,15-17H,5-8,10-12H2,1-4H3,(H,22,26). The van der Waals surface area contributed by atoms with E-state index in [1.165, 1.54) is 7.11 Å². The highest BCUT2D eigenvalue weighted by atomic mass is 16.5. The summed E-state index contributed by atoms with van der Waals surface area (Å²) in [6.45, 7) is 9.69. The van der Waals surface area contributed by atoms with Gasteiger partial charge in [0.1, 0.15) is 11.9 Å². The number of nitrogens with one attached hydrogen (secondary N) is 1. The van der Waals surface area contributed by atoms with Gasteiger partial charge in [-0.1, -0.05) is 13.8 Å². The minimum atomic E-state index is -0.618. The Bertz CT molecular complexity index is 690. The van der Waals surface area contributed by atoms with E-state index < -0.39 is 12.0 Å². The van der Waals surface area contributed by atoms with Crippen LogP contribution in [0, 0.1) is 18.8 Å². The maximum absolute atomic E-state index is 12.5. The van der Waals surface area contributed by atoms with Crippen molar-refractivity contribution in [3.05, 3.63) is 17.7 Å². The van der Waals surface area contributed by atoms with Crippen molar-refractivity contribution >= 4 is 12.0 Å². The van der Waals surface area contributed by atoms with Crippen molar-refractivity contribution in [1.29, 1.82) is 0 Å². The molecular formula is C20H32N4O4. The number of urea groups is 1. The molecule has 1 aromatic rings. The molecule has 1 aromatic heterocycles. The molecule has 0 aromatic carbocycles. The van der Waals surface area contributed by atoms with E-state index in [0.29, 0.717) is 24.9 Å². The van der Waals surface area contributed by atoms with Gasteiger partial charge in [0.2, 0.25) is 0 Å². The summed E-state index contributed by atoms with van der Waals surface area (Å²) in [5.41, 5.74) is 1.16. The van der Waals surface area contributed by atoms with E-state index in [0.717, 1.165) is 44.1 Å². The summed E-state index contributed by atoms with van der Waals surface area (Å²) >= 11 is 0. The predicted molar refractivity (Wildman–Crippen MR) is 104 cm³/mol. The van der Waals surface area contributed by atoms with Gasteiger partial charge in [-0.05, 0) is 25.7 Å². The molecule has 3 rings (SSSR count). The average Bonchev–Trinajstić information content (AvgIpc) is 3.02. The topological polar surface area (TPSA) is 85.7 Å². The first-order valence-corrected chi connectivity index (χ1v) is 10.1. The number of carbonyl (C=O) groups excluding carboxylic acids is 2. The number of nitrogens with zero attached hydrogens (tertiary/aromatic N) is 3. The van der Waals surface area contributed by atoms with Crippen molar-refractivity contribution in [1.82, 2.24) is 19.8 Å². The van der Waals surface area contributed by atoms with E-state index in [-0.39, 0.29) is 11.9 Å². The van der Waals surface area contributed by atoms with Gasteiger partial charge in [0, 0.05) is 56.6 Å². The Kier molecular flexibility index (Phi) is 6.59. The molecule has 1 unspecified atom stereocenters. The van der Waals surface area contributed by atoms with Crippen LogP contribution in [0.3, 0.4) is 0 Å². The SMILES string of the molecule is COC(=O)C(NC(=O)N1CC(Cn2c(C)cnc2C2CCOCC2)C1)C(C)C. The zero-order chi connectivity index (χ0) is 20.3. The van der Waals surface area contributed by atoms with Crippen LogP contribution in [-0.2, 0) is 20.8 Å². The van der Waals surface area contributed by atoms with Crippen LogP contribution in [-0.4, -0.2) is 65.9 Å². The summed E-state index contributed by atoms with van der Waals surface area (Å²) in [4.78, 5) is 30.7. The van der Waals surface area contributed by atoms with E-state index in [4.69, 9.17) is 9.47 Å². The molecule has 2 aliphatic rings. The van der Waals surface area contributed by atoms with Crippen LogP contribution in [0.2, 0.25) is 0 Å². The highest BCUT2D eigenvalue weighted by molar-refractivity contribution is 5.84. The molecule has 0 aliphatic carbocycles. The van der Waals surface area contributed by atoms with Gasteiger partial charge in [-0.25, -0.2) is 14.6 Å². The minimum absolute atomic E-state index is 0.0240. The number of imidazole rings is 1. The highest BCUT2D eigenvalue weighted by Crippen LogP contribution is 2.28. The summed E-state index contributed by atoms with van der Waals surface area (Å²) in [5, 5.41) is 2.80. The molecule has 8 nitrogen and oxygen atoms in total. The quantitative estimate of drug-likeness (QED) is 0.748. The molecule has 1 atom stereocenters. The molecule has 0 saturated carbocycles. The molecule has 8 heteroatoms. The van der Waals surface area contributed by atoms with Gasteiger partial charge in [0.25, 0.3) is 0 Å². The van der Waals surface area contributed by atoms with Gasteiger partial charge in [-0.2, -0.15) is 0 Å². The minimum Gasteiger partial charge on any atom is -0.467 e. The average molecular weight is 393 g/mol. The maximum Gasteiger partial charge on any atom is 0.328 e. The number of aromatic nitrogens is 2. The van der Waals surface area contributed by atoms with Crippen LogP contribution < -0.4 is 5.32 Å². The summed E-state index contributed by atoms with van der Waals surface area (Å²) in [5.74, 6) is 1.57. The number of likely N-dealkylation sites (tertiary alicyclic amines) is 1. The molecule has 0 bridgehead atoms. The Hall–Kier alpha value is -2.09. The largest absolute Gasteiger partial charge is 0.467 e. The predicted octanol–water partition coefficient (Wildman–Crippen LogP) is 1.92. The van der Waals surface area contributed by atoms with Crippen LogP contribution in [0.1, 0.15) is 44.1 Å². The molecule has 0 spiro atoms. The number of aryl methyl sites for hydroxylation is 1. The molecule has 1 N–H and O–H groups in total. The molecule has 2 amide bonds. The summed E-state index contributed by atoms with van der Waals surface area (Å²) in [6.07, 6.45) is 3.97. The van der Waals surface area contributed by atoms with Crippen molar-refractivity contribution in [2.75, 3.05) is 33.4 Å². The van der Waals surface area contributed by atoms with Crippen LogP contribution in [0.4, 0.5) is 4.79 Å². The fourth-order valence-electron chi connectivity index (χ4n) is 3.96. The lowest BCUT2D eigenvalue weighted by Gasteiger charge is -2.40. The fourth-order valence-corrected chi connectivity index (χ4v) is 3.96. The second-order valence-electron chi connectivity index (χ2n) is 8.22. The normalized spacial score (nSPS) is 19.4. The van der Waals surface area contributed by atoms with Crippen LogP contribution in [0.5, 0.6) is 0 Å². The smallest absolute Gasteiger partial charge is 0.328 e. The lowest BCUT2D eigenvalue weighted by molar-refractivity contribution is -0.144. The van der Waals surface area contributed by atoms with E-state index in [1.807, 2.05) is 20.0 Å². The Morgan fingerprint density at radius 1 is 1.32 bits per heavy atom. The van der Waals surface area contributed by atoms with Gasteiger partial charge in [0.15, 0.2) is 0 Å². The van der Waals surface area contributed by atoms with Gasteiger partial charge in [-0.15, -0.1) is 0 Å². The van der Waals surface area contributed by atoms with Crippen molar-refractivity contribution in [3.8, 4) is 0 Å². The van der Waals surface area contributed by atoms with Crippen molar-refractivity contribution in [2.45, 2.75) is 52.1 Å². The summed E-state index contributed by atoms with van der Waals surface area (Å²) < 4.78 is 12.6. The number of hydrogen-bond donors (Lipinski definition) is 1. The first-order chi connectivity index (χ1) is 13.4. The fraction of sp³-hybridized carbons (Fsp3) is 0.750. The van der Waals surface area contributed by atoms with Crippen LogP contribution >= 0.6 is 0 Å². The second-order valence-corrected chi connectivity index (χ2v) is 8.22. The third kappa shape index (κ3) is 4.48. The van der Waals surface area contributed by atoms with Gasteiger partial charge < -0.3 is 24.3 Å². The Balaban J connectivity index is 1.54. The number of methoxy groups -OCH3 is 1. The van der Waals surface area contributed by atoms with Gasteiger partial charge in [-0.3, -0.25) is 0 Å². The Morgan fingerprint density at radius 2 is 2.00 bits per heavy atom. The zero-order valence-corrected chi connectivity index (χ0v) is 17.3. The van der Waals surface area contributed by atoms with Gasteiger partial charge >= 0.3 is 12.0 Å². The van der Waals surface area contributed by atoms with E-state index in [9.17, 15) is 9.59 Å². The summed E-state index contributed by atoms with van der Waals surface area (Å²) in [7, 11) is 1.34. The lowest BCUT2D eigenvalue weighted by atomic mass is 9.97. The number of hydrogen-bond acceptors (Lipinski definition) is 5. The van der Waals surface area contributed by atoms with Crippen molar-refractivity contribution in [3.63, 3.8) is 0 Å². The van der Waals surface area contributed by atoms with Crippen molar-refractivity contribution < 1.29 is 19.1 Å². The zero-order valence-electron chi connectivity index (χ0n) is 17.3. The number of ether oxygens (including phenoxy) is 2. The number of esters is 1.